The summed E-state index contributed by atoms with van der Waals surface area (Å²) < 4.78 is 42.8. The number of aliphatic hydroxyl groups is 3. The lowest BCUT2D eigenvalue weighted by atomic mass is 9.81. The Bertz CT molecular complexity index is 1700. The van der Waals surface area contributed by atoms with Crippen molar-refractivity contribution in [3.8, 4) is 0 Å². The van der Waals surface area contributed by atoms with Gasteiger partial charge in [-0.3, -0.25) is 18.6 Å². The average Bonchev–Trinajstić information content (AvgIpc) is 3.24. The van der Waals surface area contributed by atoms with E-state index in [1.54, 1.807) is 45.6 Å². The molecule has 3 aliphatic heterocycles. The molecule has 0 unspecified atom stereocenters. The molecule has 4 aliphatic rings. The first kappa shape index (κ1) is 52.0. The second kappa shape index (κ2) is 23.0. The number of piperidine rings is 1. The van der Waals surface area contributed by atoms with E-state index in [1.807, 2.05) is 32.9 Å². The predicted molar refractivity (Wildman–Crippen MR) is 238 cm³/mol. The second-order valence-corrected chi connectivity index (χ2v) is 22.1. The zero-order valence-corrected chi connectivity index (χ0v) is 39.7. The van der Waals surface area contributed by atoms with Crippen LogP contribution < -0.4 is 0 Å². The number of carbonyl (C=O) groups is 4. The Morgan fingerprint density at radius 1 is 0.935 bits per heavy atom. The third-order valence-corrected chi connectivity index (χ3v) is 16.0. The van der Waals surface area contributed by atoms with Gasteiger partial charge in [0.25, 0.3) is 11.7 Å². The summed E-state index contributed by atoms with van der Waals surface area (Å²) in [6, 6.07) is -1.17. The summed E-state index contributed by atoms with van der Waals surface area (Å²) in [4.78, 5) is 58.5. The van der Waals surface area contributed by atoms with Crippen LogP contribution in [0, 0.1) is 29.6 Å². The van der Waals surface area contributed by atoms with Crippen LogP contribution in [0.4, 0.5) is 0 Å². The Balaban J connectivity index is 1.81. The van der Waals surface area contributed by atoms with Gasteiger partial charge in [0.05, 0.1) is 30.5 Å². The second-order valence-electron chi connectivity index (χ2n) is 18.9. The Morgan fingerprint density at radius 2 is 1.60 bits per heavy atom. The number of hydrogen-bond acceptors (Lipinski definition) is 13. The van der Waals surface area contributed by atoms with Crippen molar-refractivity contribution in [3.05, 3.63) is 34.8 Å². The molecular formula is C47H77NO13S. The van der Waals surface area contributed by atoms with Gasteiger partial charge in [-0.1, -0.05) is 61.4 Å². The van der Waals surface area contributed by atoms with Crippen molar-refractivity contribution in [2.24, 2.45) is 29.6 Å². The first-order chi connectivity index (χ1) is 29.2. The van der Waals surface area contributed by atoms with Crippen LogP contribution in [0.1, 0.15) is 112 Å². The van der Waals surface area contributed by atoms with Crippen molar-refractivity contribution in [2.45, 2.75) is 167 Å². The molecule has 3 N–H and O–H groups in total. The van der Waals surface area contributed by atoms with E-state index in [-0.39, 0.29) is 56.0 Å². The van der Waals surface area contributed by atoms with Gasteiger partial charge >= 0.3 is 5.97 Å². The van der Waals surface area contributed by atoms with Crippen molar-refractivity contribution in [1.29, 1.82) is 0 Å². The summed E-state index contributed by atoms with van der Waals surface area (Å²) in [7, 11) is 2.05. The lowest BCUT2D eigenvalue weighted by Gasteiger charge is -2.47. The van der Waals surface area contributed by atoms with Crippen LogP contribution in [-0.2, 0) is 52.8 Å². The van der Waals surface area contributed by atoms with Gasteiger partial charge in [-0.25, -0.2) is 4.79 Å². The number of hydrogen-bond donors (Lipinski definition) is 4. The van der Waals surface area contributed by atoms with E-state index in [0.29, 0.717) is 56.3 Å². The van der Waals surface area contributed by atoms with Crippen LogP contribution >= 0.6 is 0 Å². The number of ether oxygens (including phenoxy) is 5. The first-order valence-electron chi connectivity index (χ1n) is 22.7. The number of cyclic esters (lactones) is 1. The third kappa shape index (κ3) is 13.0. The number of rotatable bonds is 9. The zero-order chi connectivity index (χ0) is 46.1. The highest BCUT2D eigenvalue weighted by atomic mass is 32.2. The van der Waals surface area contributed by atoms with E-state index in [1.165, 1.54) is 19.1 Å². The molecule has 3 fully saturated rings. The van der Waals surface area contributed by atoms with Crippen molar-refractivity contribution in [2.75, 3.05) is 39.9 Å². The zero-order valence-electron chi connectivity index (χ0n) is 38.8. The molecule has 14 nitrogen and oxygen atoms in total. The number of ketones is 2. The number of thiol groups is 1. The molecule has 0 aromatic rings. The first-order valence-corrected chi connectivity index (χ1v) is 25.1. The minimum atomic E-state index is -2.53. The number of nitrogens with zero attached hydrogens (tertiary/aromatic N) is 1. The number of Topliss-reactive ketones (excluding diaryl/α,β-unsaturated/α-hetero) is 2. The Kier molecular flexibility index (Phi) is 19.3. The van der Waals surface area contributed by atoms with Crippen molar-refractivity contribution >= 4 is 33.4 Å². The lowest BCUT2D eigenvalue weighted by molar-refractivity contribution is -0.302. The standard InChI is InChI=1S/C47H77NO13S/c1-11-62(10,56)20-14-15-34-22-28(2)21-29(3)23-40(58-8)43-41(59-9)25-31(5)47(55,61-43)44(52)45(53)48-19-13-12-16-35(48)46(54)60-42(32(6)37(50)27-38(34)51)30(4)24-33-17-18-36(49)39(26-33)57-7/h14,20,22,24,29,31-37,39-43,49-50,55,62H,11-13,15-19,21,23,25-27H2,1-10H3/b20-14+,28-22+,30-24+/t29-,31+,32+,33-,34+,35-,36+,37-,39+,40-,41-,42+,43+,47+/m0/s1. The number of aliphatic hydroxyl groups excluding tert-OH is 2. The number of methoxy groups -OCH3 is 3. The van der Waals surface area contributed by atoms with E-state index in [4.69, 9.17) is 23.7 Å². The van der Waals surface area contributed by atoms with Crippen molar-refractivity contribution < 1.29 is 62.4 Å². The summed E-state index contributed by atoms with van der Waals surface area (Å²) in [5, 5.41) is 36.2. The summed E-state index contributed by atoms with van der Waals surface area (Å²) in [5.41, 5.74) is 1.54. The minimum absolute atomic E-state index is 0.0367. The number of fused-ring (bicyclic) bond motifs is 3. The van der Waals surface area contributed by atoms with Crippen molar-refractivity contribution in [3.63, 3.8) is 0 Å². The molecule has 3 heterocycles. The molecule has 0 aromatic heterocycles. The molecule has 1 aliphatic carbocycles. The molecule has 354 valence electrons. The average molecular weight is 896 g/mol. The SMILES string of the molecule is CC[SH](C)(=O)/C=C/C[C@@H]1/C=C(\C)C[C@H](C)C[C@H](OC)[C@H]2O[C@@](O)(C(=O)C(=O)N3CCCC[C@H]3C(=O)O[C@H](/C(C)=C/[C@@H]3CC[C@@H](O)[C@H](OC)C3)[C@H](C)[C@@H](O)CC1=O)[C@H](C)C[C@@H]2OC. The molecule has 0 aromatic carbocycles. The van der Waals surface area contributed by atoms with Crippen LogP contribution in [0.15, 0.2) is 34.8 Å². The van der Waals surface area contributed by atoms with Gasteiger partial charge in [0.15, 0.2) is 0 Å². The maximum atomic E-state index is 14.4. The molecule has 1 saturated carbocycles. The number of carbonyl (C=O) groups excluding carboxylic acids is 4. The van der Waals surface area contributed by atoms with Crippen LogP contribution in [0.5, 0.6) is 0 Å². The maximum Gasteiger partial charge on any atom is 0.329 e. The van der Waals surface area contributed by atoms with Gasteiger partial charge in [0.2, 0.25) is 5.79 Å². The van der Waals surface area contributed by atoms with Gasteiger partial charge in [-0.2, -0.15) is 0 Å². The fraction of sp³-hybridized carbons (Fsp3) is 0.787. The van der Waals surface area contributed by atoms with Gasteiger partial charge < -0.3 is 43.9 Å². The fourth-order valence-corrected chi connectivity index (χ4v) is 10.6. The minimum Gasteiger partial charge on any atom is -0.456 e. The lowest BCUT2D eigenvalue weighted by Crippen LogP contribution is -2.64. The van der Waals surface area contributed by atoms with E-state index >= 15 is 0 Å². The third-order valence-electron chi connectivity index (χ3n) is 13.9. The largest absolute Gasteiger partial charge is 0.456 e. The predicted octanol–water partition coefficient (Wildman–Crippen LogP) is 4.63. The van der Waals surface area contributed by atoms with Gasteiger partial charge in [0, 0.05) is 57.8 Å². The monoisotopic (exact) mass is 896 g/mol. The van der Waals surface area contributed by atoms with Crippen LogP contribution in [0.3, 0.4) is 0 Å². The van der Waals surface area contributed by atoms with E-state index in [0.717, 1.165) is 5.57 Å². The summed E-state index contributed by atoms with van der Waals surface area (Å²) in [6.45, 7) is 11.0. The van der Waals surface area contributed by atoms with E-state index in [9.17, 15) is 38.7 Å². The van der Waals surface area contributed by atoms with E-state index in [2.05, 4.69) is 0 Å². The Hall–Kier alpha value is -2.63. The van der Waals surface area contributed by atoms with E-state index < -0.39 is 93.8 Å². The molecule has 1 amide bonds. The molecule has 15 heteroatoms. The van der Waals surface area contributed by atoms with Crippen LogP contribution in [0.25, 0.3) is 0 Å². The summed E-state index contributed by atoms with van der Waals surface area (Å²) in [5.74, 6) is -7.66. The van der Waals surface area contributed by atoms with Crippen LogP contribution in [-0.4, -0.2) is 142 Å². The fourth-order valence-electron chi connectivity index (χ4n) is 9.78. The topological polar surface area (TPSA) is 195 Å². The molecule has 2 bridgehead atoms. The maximum absolute atomic E-state index is 14.4. The normalized spacial score (nSPS) is 39.4. The van der Waals surface area contributed by atoms with Gasteiger partial charge in [-0.05, 0) is 107 Å². The molecule has 14 atom stereocenters. The highest BCUT2D eigenvalue weighted by Crippen LogP contribution is 2.39. The van der Waals surface area contributed by atoms with Crippen molar-refractivity contribution in [1.82, 2.24) is 4.90 Å². The molecule has 2 saturated heterocycles. The number of amides is 1. The number of allylic oxidation sites excluding steroid dienone is 4. The summed E-state index contributed by atoms with van der Waals surface area (Å²) in [6.07, 6.45) is 6.11. The highest BCUT2D eigenvalue weighted by molar-refractivity contribution is 8.05. The molecular weight excluding hydrogens is 819 g/mol. The Labute approximate surface area is 370 Å². The van der Waals surface area contributed by atoms with Gasteiger partial charge in [-0.15, -0.1) is 0 Å². The summed E-state index contributed by atoms with van der Waals surface area (Å²) >= 11 is 0. The molecule has 0 spiro atoms. The van der Waals surface area contributed by atoms with Crippen LogP contribution in [0.2, 0.25) is 0 Å². The number of esters is 1. The Morgan fingerprint density at radius 3 is 2.24 bits per heavy atom. The quantitative estimate of drug-likeness (QED) is 0.108. The van der Waals surface area contributed by atoms with Gasteiger partial charge in [0.1, 0.15) is 24.0 Å². The highest BCUT2D eigenvalue weighted by Gasteiger charge is 2.56. The molecule has 62 heavy (non-hydrogen) atoms. The smallest absolute Gasteiger partial charge is 0.329 e. The molecule has 4 rings (SSSR count). The molecule has 0 radical (unpaired) electrons.